The largest absolute Gasteiger partial charge is 0.370 e. The first-order valence-corrected chi connectivity index (χ1v) is 11.4. The third-order valence-electron chi connectivity index (χ3n) is 6.63. The topological polar surface area (TPSA) is 51.7 Å². The van der Waals surface area contributed by atoms with E-state index in [1.807, 2.05) is 25.3 Å². The lowest BCUT2D eigenvalue weighted by molar-refractivity contribution is 0.205. The minimum absolute atomic E-state index is 0.0786. The van der Waals surface area contributed by atoms with Crippen molar-refractivity contribution in [2.75, 3.05) is 38.1 Å². The Balaban J connectivity index is 1.35. The zero-order chi connectivity index (χ0) is 21.1. The van der Waals surface area contributed by atoms with Crippen molar-refractivity contribution in [1.29, 1.82) is 0 Å². The molecule has 2 aliphatic heterocycles. The highest BCUT2D eigenvalue weighted by atomic mass is 35.5. The number of benzene rings is 1. The van der Waals surface area contributed by atoms with E-state index < -0.39 is 0 Å². The molecule has 2 fully saturated rings. The first-order chi connectivity index (χ1) is 14.6. The van der Waals surface area contributed by atoms with Crippen molar-refractivity contribution in [2.45, 2.75) is 44.6 Å². The van der Waals surface area contributed by atoms with Crippen molar-refractivity contribution in [2.24, 2.45) is 4.99 Å². The van der Waals surface area contributed by atoms with Gasteiger partial charge in [-0.15, -0.1) is 0 Å². The van der Waals surface area contributed by atoms with Gasteiger partial charge < -0.3 is 9.88 Å². The number of likely N-dealkylation sites (tertiary alicyclic amines) is 1. The molecule has 1 aromatic heterocycles. The van der Waals surface area contributed by atoms with Crippen molar-refractivity contribution in [3.63, 3.8) is 0 Å². The van der Waals surface area contributed by atoms with Crippen LogP contribution in [0.25, 0.3) is 0 Å². The average molecular weight is 427 g/mol. The van der Waals surface area contributed by atoms with Gasteiger partial charge in [0.25, 0.3) is 5.56 Å². The van der Waals surface area contributed by atoms with Crippen molar-refractivity contribution in [3.05, 3.63) is 62.5 Å². The molecule has 1 aromatic carbocycles. The summed E-state index contributed by atoms with van der Waals surface area (Å²) in [4.78, 5) is 24.4. The molecule has 5 nitrogen and oxygen atoms in total. The van der Waals surface area contributed by atoms with Gasteiger partial charge in [0, 0.05) is 56.1 Å². The number of nitrogens with one attached hydrogen (secondary N) is 1. The van der Waals surface area contributed by atoms with E-state index in [0.717, 1.165) is 79.4 Å². The third-order valence-corrected chi connectivity index (χ3v) is 6.93. The van der Waals surface area contributed by atoms with Gasteiger partial charge in [-0.1, -0.05) is 30.7 Å². The molecule has 160 valence electrons. The fourth-order valence-electron chi connectivity index (χ4n) is 4.89. The first-order valence-electron chi connectivity index (χ1n) is 11.0. The van der Waals surface area contributed by atoms with Crippen LogP contribution >= 0.6 is 11.6 Å². The zero-order valence-corrected chi connectivity index (χ0v) is 18.7. The zero-order valence-electron chi connectivity index (χ0n) is 17.9. The number of aromatic amines is 1. The highest BCUT2D eigenvalue weighted by Crippen LogP contribution is 2.33. The van der Waals surface area contributed by atoms with Crippen LogP contribution in [0, 0.1) is 0 Å². The molecule has 0 aliphatic carbocycles. The third kappa shape index (κ3) is 4.47. The molecule has 0 bridgehead atoms. The van der Waals surface area contributed by atoms with Crippen LogP contribution in [0.3, 0.4) is 0 Å². The smallest absolute Gasteiger partial charge is 0.251 e. The fourth-order valence-corrected chi connectivity index (χ4v) is 5.20. The Labute approximate surface area is 183 Å². The summed E-state index contributed by atoms with van der Waals surface area (Å²) in [6.45, 7) is 6.22. The maximum absolute atomic E-state index is 12.2. The minimum Gasteiger partial charge on any atom is -0.370 e. The average Bonchev–Trinajstić information content (AvgIpc) is 3.25. The number of halogens is 1. The van der Waals surface area contributed by atoms with E-state index in [0.29, 0.717) is 12.0 Å². The molecule has 3 heterocycles. The number of hydrogen-bond acceptors (Lipinski definition) is 4. The molecule has 30 heavy (non-hydrogen) atoms. The molecule has 2 aliphatic rings. The Bertz CT molecular complexity index is 962. The van der Waals surface area contributed by atoms with Crippen LogP contribution < -0.4 is 10.5 Å². The number of H-pyrrole nitrogens is 1. The standard InChI is InChI=1S/C24H31ClN4O/c1-3-18-5-6-22(27-24(18)30)19-8-11-29(16-19)20-9-12-28(13-10-20)23-7-4-17(15-26-2)14-21(23)25/h4-7,14-15,19-20H,3,8-13,16H2,1-2H3,(H,27,30). The van der Waals surface area contributed by atoms with Crippen LogP contribution in [0.2, 0.25) is 5.02 Å². The Kier molecular flexibility index (Phi) is 6.59. The Hall–Kier alpha value is -2.11. The monoisotopic (exact) mass is 426 g/mol. The molecule has 1 atom stereocenters. The molecule has 0 radical (unpaired) electrons. The molecule has 1 N–H and O–H groups in total. The molecule has 0 spiro atoms. The van der Waals surface area contributed by atoms with Crippen LogP contribution in [-0.2, 0) is 6.42 Å². The number of aliphatic imine (C=N–C) groups is 1. The molecule has 4 rings (SSSR count). The lowest BCUT2D eigenvalue weighted by Gasteiger charge is -2.38. The summed E-state index contributed by atoms with van der Waals surface area (Å²) in [5, 5.41) is 0.798. The number of nitrogens with zero attached hydrogens (tertiary/aromatic N) is 3. The van der Waals surface area contributed by atoms with Gasteiger partial charge >= 0.3 is 0 Å². The summed E-state index contributed by atoms with van der Waals surface area (Å²) < 4.78 is 0. The number of piperidine rings is 1. The lowest BCUT2D eigenvalue weighted by atomic mass is 10.0. The molecule has 2 saturated heterocycles. The van der Waals surface area contributed by atoms with E-state index in [1.54, 1.807) is 7.05 Å². The summed E-state index contributed by atoms with van der Waals surface area (Å²) in [7, 11) is 1.77. The van der Waals surface area contributed by atoms with Gasteiger partial charge in [-0.3, -0.25) is 14.7 Å². The van der Waals surface area contributed by atoms with E-state index >= 15 is 0 Å². The summed E-state index contributed by atoms with van der Waals surface area (Å²) >= 11 is 6.54. The fraction of sp³-hybridized carbons (Fsp3) is 0.500. The molecular formula is C24H31ClN4O. The summed E-state index contributed by atoms with van der Waals surface area (Å²) in [6, 6.07) is 10.9. The molecule has 6 heteroatoms. The van der Waals surface area contributed by atoms with Crippen LogP contribution in [0.5, 0.6) is 0 Å². The van der Waals surface area contributed by atoms with Gasteiger partial charge in [0.05, 0.1) is 10.7 Å². The lowest BCUT2D eigenvalue weighted by Crippen LogP contribution is -2.44. The van der Waals surface area contributed by atoms with Crippen molar-refractivity contribution >= 4 is 23.5 Å². The summed E-state index contributed by atoms with van der Waals surface area (Å²) in [6.07, 6.45) is 6.02. The Morgan fingerprint density at radius 3 is 2.63 bits per heavy atom. The Morgan fingerprint density at radius 1 is 1.17 bits per heavy atom. The molecular weight excluding hydrogens is 396 g/mol. The number of aryl methyl sites for hydroxylation is 1. The van der Waals surface area contributed by atoms with Gasteiger partial charge in [0.1, 0.15) is 0 Å². The van der Waals surface area contributed by atoms with E-state index in [2.05, 4.69) is 38.0 Å². The van der Waals surface area contributed by atoms with Crippen LogP contribution in [0.15, 0.2) is 40.1 Å². The first kappa shape index (κ1) is 21.1. The van der Waals surface area contributed by atoms with E-state index in [4.69, 9.17) is 11.6 Å². The van der Waals surface area contributed by atoms with Crippen LogP contribution in [0.4, 0.5) is 5.69 Å². The SMILES string of the molecule is CCc1ccc(C2CCN(C3CCN(c4ccc(C=NC)cc4Cl)CC3)C2)[nH]c1=O. The molecule has 0 amide bonds. The number of aromatic nitrogens is 1. The van der Waals surface area contributed by atoms with Crippen molar-refractivity contribution in [3.8, 4) is 0 Å². The second-order valence-corrected chi connectivity index (χ2v) is 8.83. The summed E-state index contributed by atoms with van der Waals surface area (Å²) in [5.41, 5.74) is 4.20. The number of rotatable bonds is 5. The number of hydrogen-bond donors (Lipinski definition) is 1. The van der Waals surface area contributed by atoms with Crippen molar-refractivity contribution < 1.29 is 0 Å². The predicted molar refractivity (Wildman–Crippen MR) is 126 cm³/mol. The molecule has 2 aromatic rings. The molecule has 1 unspecified atom stereocenters. The van der Waals surface area contributed by atoms with E-state index in [1.165, 1.54) is 0 Å². The van der Waals surface area contributed by atoms with Crippen LogP contribution in [0.1, 0.15) is 48.9 Å². The van der Waals surface area contributed by atoms with Gasteiger partial charge in [-0.25, -0.2) is 0 Å². The predicted octanol–water partition coefficient (Wildman–Crippen LogP) is 4.10. The molecule has 0 saturated carbocycles. The van der Waals surface area contributed by atoms with E-state index in [9.17, 15) is 4.79 Å². The summed E-state index contributed by atoms with van der Waals surface area (Å²) in [5.74, 6) is 0.434. The second-order valence-electron chi connectivity index (χ2n) is 8.42. The number of anilines is 1. The van der Waals surface area contributed by atoms with Gasteiger partial charge in [0.15, 0.2) is 0 Å². The maximum Gasteiger partial charge on any atom is 0.251 e. The normalized spacial score (nSPS) is 21.0. The van der Waals surface area contributed by atoms with Gasteiger partial charge in [-0.2, -0.15) is 0 Å². The highest BCUT2D eigenvalue weighted by Gasteiger charge is 2.32. The van der Waals surface area contributed by atoms with Gasteiger partial charge in [-0.05, 0) is 56.0 Å². The maximum atomic E-state index is 12.2. The minimum atomic E-state index is 0.0786. The highest BCUT2D eigenvalue weighted by molar-refractivity contribution is 6.33. The van der Waals surface area contributed by atoms with E-state index in [-0.39, 0.29) is 5.56 Å². The van der Waals surface area contributed by atoms with Crippen molar-refractivity contribution in [1.82, 2.24) is 9.88 Å². The quantitative estimate of drug-likeness (QED) is 0.732. The number of pyridine rings is 1. The Morgan fingerprint density at radius 2 is 1.97 bits per heavy atom. The van der Waals surface area contributed by atoms with Crippen LogP contribution in [-0.4, -0.2) is 55.4 Å². The van der Waals surface area contributed by atoms with Gasteiger partial charge in [0.2, 0.25) is 0 Å². The second kappa shape index (κ2) is 9.36.